The molecule has 0 radical (unpaired) electrons. The Morgan fingerprint density at radius 1 is 1.21 bits per heavy atom. The summed E-state index contributed by atoms with van der Waals surface area (Å²) in [5, 5.41) is 19.7. The van der Waals surface area contributed by atoms with Gasteiger partial charge >= 0.3 is 6.18 Å². The largest absolute Gasteiger partial charge is 0.453 e. The van der Waals surface area contributed by atoms with Crippen molar-refractivity contribution in [3.63, 3.8) is 0 Å². The Balaban J connectivity index is 1.53. The quantitative estimate of drug-likeness (QED) is 0.284. The minimum absolute atomic E-state index is 0.0331. The number of benzene rings is 1. The van der Waals surface area contributed by atoms with Gasteiger partial charge in [0.15, 0.2) is 5.82 Å². The van der Waals surface area contributed by atoms with E-state index in [0.29, 0.717) is 15.9 Å². The number of aryl methyl sites for hydroxylation is 1. The van der Waals surface area contributed by atoms with Crippen LogP contribution >= 0.6 is 34.2 Å². The van der Waals surface area contributed by atoms with Crippen molar-refractivity contribution in [3.8, 4) is 5.82 Å². The lowest BCUT2D eigenvalue weighted by molar-refractivity contribution is -0.147. The Kier molecular flexibility index (Phi) is 7.28. The fourth-order valence-corrected chi connectivity index (χ4v) is 4.77. The van der Waals surface area contributed by atoms with Crippen molar-refractivity contribution in [1.82, 2.24) is 40.3 Å². The SMILES string of the molecule is Cc1cc(I)cc(C(=O)NC2CC2)c1NC(=O)c1cc(Cn2nnnc2C(F)(F)F)nn1-c1ncccc1Cl. The van der Waals surface area contributed by atoms with Crippen LogP contribution in [0.2, 0.25) is 5.02 Å². The molecule has 11 nitrogen and oxygen atoms in total. The number of aromatic nitrogens is 7. The standard InChI is InChI=1S/C23H18ClF3IN9O2/c1-11-7-12(28)8-15(20(38)30-13-4-5-13)18(11)31-21(39)17-9-14(10-36-22(23(25,26)27)32-34-35-36)33-37(17)19-16(24)3-2-6-29-19/h2-3,6-9,13H,4-5,10H2,1H3,(H,30,38)(H,31,39). The van der Waals surface area contributed by atoms with Crippen molar-refractivity contribution in [2.75, 3.05) is 5.32 Å². The number of nitrogens with zero attached hydrogens (tertiary/aromatic N) is 7. The van der Waals surface area contributed by atoms with Gasteiger partial charge in [-0.05, 0) is 88.7 Å². The lowest BCUT2D eigenvalue weighted by atomic mass is 10.1. The first-order chi connectivity index (χ1) is 18.5. The van der Waals surface area contributed by atoms with Crippen LogP contribution in [0.1, 0.15) is 50.8 Å². The second-order valence-corrected chi connectivity index (χ2v) is 10.4. The Morgan fingerprint density at radius 2 is 1.97 bits per heavy atom. The smallest absolute Gasteiger partial charge is 0.349 e. The van der Waals surface area contributed by atoms with Crippen LogP contribution in [-0.2, 0) is 12.7 Å². The van der Waals surface area contributed by atoms with Crippen molar-refractivity contribution in [3.05, 3.63) is 73.5 Å². The van der Waals surface area contributed by atoms with E-state index in [1.54, 1.807) is 25.1 Å². The minimum Gasteiger partial charge on any atom is -0.349 e. The van der Waals surface area contributed by atoms with Crippen LogP contribution in [0.25, 0.3) is 5.82 Å². The molecule has 0 spiro atoms. The van der Waals surface area contributed by atoms with Crippen molar-refractivity contribution >= 4 is 51.7 Å². The van der Waals surface area contributed by atoms with E-state index in [2.05, 4.69) is 58.8 Å². The van der Waals surface area contributed by atoms with Crippen molar-refractivity contribution < 1.29 is 22.8 Å². The normalized spacial score (nSPS) is 13.4. The average molecular weight is 672 g/mol. The fraction of sp³-hybridized carbons (Fsp3) is 0.261. The van der Waals surface area contributed by atoms with Crippen LogP contribution in [0.15, 0.2) is 36.5 Å². The number of alkyl halides is 3. The number of rotatable bonds is 7. The molecule has 2 amide bonds. The molecule has 0 atom stereocenters. The third-order valence-electron chi connectivity index (χ3n) is 5.73. The van der Waals surface area contributed by atoms with Gasteiger partial charge in [-0.15, -0.1) is 5.10 Å². The maximum absolute atomic E-state index is 13.6. The maximum atomic E-state index is 13.6. The Labute approximate surface area is 237 Å². The first-order valence-corrected chi connectivity index (χ1v) is 12.9. The highest BCUT2D eigenvalue weighted by Gasteiger charge is 2.38. The molecule has 3 aromatic heterocycles. The number of carbonyl (C=O) groups excluding carboxylic acids is 2. The molecular formula is C23H18ClF3IN9O2. The van der Waals surface area contributed by atoms with Gasteiger partial charge in [-0.25, -0.2) is 14.3 Å². The third kappa shape index (κ3) is 5.88. The molecule has 0 bridgehead atoms. The number of amides is 2. The Hall–Kier alpha value is -3.60. The first kappa shape index (κ1) is 27.0. The van der Waals surface area contributed by atoms with Crippen LogP contribution in [0.3, 0.4) is 0 Å². The van der Waals surface area contributed by atoms with Crippen LogP contribution in [0.4, 0.5) is 18.9 Å². The van der Waals surface area contributed by atoms with Gasteiger partial charge in [0.2, 0.25) is 0 Å². The molecule has 0 saturated heterocycles. The van der Waals surface area contributed by atoms with Gasteiger partial charge in [-0.2, -0.15) is 18.3 Å². The van der Waals surface area contributed by atoms with Gasteiger partial charge < -0.3 is 10.6 Å². The summed E-state index contributed by atoms with van der Waals surface area (Å²) >= 11 is 8.39. The number of nitrogens with one attached hydrogen (secondary N) is 2. The summed E-state index contributed by atoms with van der Waals surface area (Å²) in [4.78, 5) is 30.7. The number of hydrogen-bond acceptors (Lipinski definition) is 7. The molecule has 4 aromatic rings. The zero-order valence-electron chi connectivity index (χ0n) is 20.0. The number of anilines is 1. The van der Waals surface area contributed by atoms with E-state index in [1.807, 2.05) is 0 Å². The molecule has 5 rings (SSSR count). The summed E-state index contributed by atoms with van der Waals surface area (Å²) in [6, 6.07) is 7.96. The van der Waals surface area contributed by atoms with Gasteiger partial charge in [0.05, 0.1) is 28.5 Å². The zero-order chi connectivity index (χ0) is 27.9. The van der Waals surface area contributed by atoms with Gasteiger partial charge in [0, 0.05) is 15.8 Å². The number of hydrogen-bond donors (Lipinski definition) is 2. The van der Waals surface area contributed by atoms with E-state index in [9.17, 15) is 22.8 Å². The van der Waals surface area contributed by atoms with E-state index in [0.717, 1.165) is 21.1 Å². The molecule has 202 valence electrons. The lowest BCUT2D eigenvalue weighted by Gasteiger charge is -2.15. The highest BCUT2D eigenvalue weighted by atomic mass is 127. The van der Waals surface area contributed by atoms with Crippen LogP contribution in [0.5, 0.6) is 0 Å². The number of pyridine rings is 1. The lowest BCUT2D eigenvalue weighted by Crippen LogP contribution is -2.28. The number of halogens is 5. The second-order valence-electron chi connectivity index (χ2n) is 8.75. The summed E-state index contributed by atoms with van der Waals surface area (Å²) in [5.74, 6) is -2.25. The molecular weight excluding hydrogens is 654 g/mol. The van der Waals surface area contributed by atoms with E-state index < -0.39 is 24.5 Å². The van der Waals surface area contributed by atoms with Crippen molar-refractivity contribution in [2.24, 2.45) is 0 Å². The van der Waals surface area contributed by atoms with Gasteiger partial charge in [-0.3, -0.25) is 9.59 Å². The first-order valence-electron chi connectivity index (χ1n) is 11.5. The van der Waals surface area contributed by atoms with Crippen LogP contribution in [0, 0.1) is 10.5 Å². The molecule has 2 N–H and O–H groups in total. The Morgan fingerprint density at radius 3 is 2.67 bits per heavy atom. The summed E-state index contributed by atoms with van der Waals surface area (Å²) in [6.45, 7) is 1.26. The van der Waals surface area contributed by atoms with Crippen molar-refractivity contribution in [2.45, 2.75) is 38.5 Å². The molecule has 0 aliphatic heterocycles. The number of carbonyl (C=O) groups is 2. The molecule has 16 heteroatoms. The van der Waals surface area contributed by atoms with Crippen molar-refractivity contribution in [1.29, 1.82) is 0 Å². The minimum atomic E-state index is -4.80. The average Bonchev–Trinajstić information content (AvgIpc) is 3.37. The fourth-order valence-electron chi connectivity index (χ4n) is 3.79. The third-order valence-corrected chi connectivity index (χ3v) is 6.64. The highest BCUT2D eigenvalue weighted by Crippen LogP contribution is 2.29. The zero-order valence-corrected chi connectivity index (χ0v) is 22.9. The highest BCUT2D eigenvalue weighted by molar-refractivity contribution is 14.1. The summed E-state index contributed by atoms with van der Waals surface area (Å²) in [6.07, 6.45) is -1.59. The van der Waals surface area contributed by atoms with E-state index >= 15 is 0 Å². The predicted molar refractivity (Wildman–Crippen MR) is 141 cm³/mol. The van der Waals surface area contributed by atoms with Crippen LogP contribution < -0.4 is 10.6 Å². The molecule has 1 aliphatic rings. The van der Waals surface area contributed by atoms with Gasteiger partial charge in [0.1, 0.15) is 5.69 Å². The maximum Gasteiger partial charge on any atom is 0.453 e. The monoisotopic (exact) mass is 671 g/mol. The van der Waals surface area contributed by atoms with Gasteiger partial charge in [0.25, 0.3) is 17.6 Å². The second kappa shape index (κ2) is 10.5. The molecule has 39 heavy (non-hydrogen) atoms. The van der Waals surface area contributed by atoms with Gasteiger partial charge in [-0.1, -0.05) is 11.6 Å². The van der Waals surface area contributed by atoms with E-state index in [4.69, 9.17) is 11.6 Å². The topological polar surface area (TPSA) is 133 Å². The molecule has 0 unspecified atom stereocenters. The summed E-state index contributed by atoms with van der Waals surface area (Å²) in [5.41, 5.74) is 1.16. The molecule has 1 fully saturated rings. The predicted octanol–water partition coefficient (Wildman–Crippen LogP) is 4.03. The van der Waals surface area contributed by atoms with E-state index in [1.165, 1.54) is 18.3 Å². The molecule has 1 saturated carbocycles. The summed E-state index contributed by atoms with van der Waals surface area (Å²) in [7, 11) is 0. The Bertz CT molecular complexity index is 1580. The summed E-state index contributed by atoms with van der Waals surface area (Å²) < 4.78 is 42.3. The molecule has 1 aromatic carbocycles. The molecule has 1 aliphatic carbocycles. The van der Waals surface area contributed by atoms with Crippen LogP contribution in [-0.4, -0.2) is 52.8 Å². The number of tetrazole rings is 1. The van der Waals surface area contributed by atoms with E-state index in [-0.39, 0.29) is 39.7 Å². The molecule has 3 heterocycles.